The molecule has 0 heterocycles. The van der Waals surface area contributed by atoms with E-state index in [9.17, 15) is 14.9 Å². The van der Waals surface area contributed by atoms with Crippen molar-refractivity contribution in [2.75, 3.05) is 41.6 Å². The number of hydrogen-bond acceptors (Lipinski definition) is 8. The van der Waals surface area contributed by atoms with Crippen LogP contribution in [0.3, 0.4) is 0 Å². The van der Waals surface area contributed by atoms with Gasteiger partial charge in [0, 0.05) is 26.3 Å². The molecule has 1 amide bonds. The second-order valence-corrected chi connectivity index (χ2v) is 5.39. The van der Waals surface area contributed by atoms with Gasteiger partial charge in [-0.3, -0.25) is 25.8 Å². The largest absolute Gasteiger partial charge is 0.493 e. The number of thiocarbonyl (C=S) groups is 1. The lowest BCUT2D eigenvalue weighted by atomic mass is 10.1. The first-order valence-corrected chi connectivity index (χ1v) is 8.12. The van der Waals surface area contributed by atoms with Crippen molar-refractivity contribution in [1.29, 1.82) is 0 Å². The molecule has 1 aromatic carbocycles. The number of carbonyl (C=O) groups excluding carboxylic acids is 1. The number of nitro benzene ring substituents is 1. The number of carbonyl (C=O) groups is 1. The highest BCUT2D eigenvalue weighted by atomic mass is 32.1. The van der Waals surface area contributed by atoms with E-state index in [4.69, 9.17) is 31.2 Å². The zero-order valence-electron chi connectivity index (χ0n) is 15.4. The van der Waals surface area contributed by atoms with Gasteiger partial charge in [-0.2, -0.15) is 0 Å². The Hall–Kier alpha value is -2.86. The quantitative estimate of drug-likeness (QED) is 0.235. The Balaban J connectivity index is 3.02. The molecule has 1 aromatic rings. The van der Waals surface area contributed by atoms with E-state index in [1.54, 1.807) is 7.11 Å². The second-order valence-electron chi connectivity index (χ2n) is 4.98. The Bertz CT molecular complexity index is 699. The van der Waals surface area contributed by atoms with E-state index in [1.165, 1.54) is 27.4 Å². The standard InChI is InChI=1S/C15H22N4O7S/c1-23-7-5-6-16-15(27)18-17-14(20)9-8-10(24-2)12(25-3)13(26-4)11(9)19(21)22/h8H,5-7H2,1-4H3,(H,17,20)(H2,16,18,27). The monoisotopic (exact) mass is 402 g/mol. The molecule has 0 saturated heterocycles. The van der Waals surface area contributed by atoms with Crippen molar-refractivity contribution in [2.24, 2.45) is 0 Å². The number of nitro groups is 1. The molecule has 0 saturated carbocycles. The van der Waals surface area contributed by atoms with Gasteiger partial charge in [0.25, 0.3) is 5.91 Å². The highest BCUT2D eigenvalue weighted by molar-refractivity contribution is 7.80. The summed E-state index contributed by atoms with van der Waals surface area (Å²) in [7, 11) is 5.45. The molecule has 0 atom stereocenters. The number of ether oxygens (including phenoxy) is 4. The van der Waals surface area contributed by atoms with E-state index in [0.29, 0.717) is 19.6 Å². The molecule has 0 aliphatic rings. The molecule has 150 valence electrons. The summed E-state index contributed by atoms with van der Waals surface area (Å²) in [6.45, 7) is 1.08. The third-order valence-corrected chi connectivity index (χ3v) is 3.58. The van der Waals surface area contributed by atoms with Gasteiger partial charge in [-0.05, 0) is 18.6 Å². The maximum atomic E-state index is 12.4. The molecule has 0 bridgehead atoms. The van der Waals surface area contributed by atoms with Crippen molar-refractivity contribution < 1.29 is 28.7 Å². The average Bonchev–Trinajstić information content (AvgIpc) is 2.67. The lowest BCUT2D eigenvalue weighted by molar-refractivity contribution is -0.386. The van der Waals surface area contributed by atoms with Gasteiger partial charge in [0.2, 0.25) is 11.5 Å². The first-order chi connectivity index (χ1) is 12.9. The van der Waals surface area contributed by atoms with Crippen LogP contribution >= 0.6 is 12.2 Å². The number of rotatable bonds is 9. The van der Waals surface area contributed by atoms with Crippen LogP contribution in [0.15, 0.2) is 6.07 Å². The summed E-state index contributed by atoms with van der Waals surface area (Å²) in [4.78, 5) is 23.2. The molecule has 12 heteroatoms. The number of hydrazine groups is 1. The predicted octanol–water partition coefficient (Wildman–Crippen LogP) is 0.766. The summed E-state index contributed by atoms with van der Waals surface area (Å²) in [6.07, 6.45) is 0.713. The number of benzene rings is 1. The van der Waals surface area contributed by atoms with Gasteiger partial charge >= 0.3 is 5.69 Å². The maximum absolute atomic E-state index is 12.4. The Morgan fingerprint density at radius 1 is 1.15 bits per heavy atom. The van der Waals surface area contributed by atoms with Crippen LogP contribution < -0.4 is 30.4 Å². The van der Waals surface area contributed by atoms with Gasteiger partial charge in [-0.1, -0.05) is 0 Å². The molecule has 27 heavy (non-hydrogen) atoms. The molecule has 0 spiro atoms. The van der Waals surface area contributed by atoms with Crippen LogP contribution in [0.1, 0.15) is 16.8 Å². The third kappa shape index (κ3) is 5.82. The van der Waals surface area contributed by atoms with Crippen molar-refractivity contribution in [1.82, 2.24) is 16.2 Å². The highest BCUT2D eigenvalue weighted by Gasteiger charge is 2.32. The van der Waals surface area contributed by atoms with Gasteiger partial charge < -0.3 is 24.3 Å². The molecular formula is C15H22N4O7S. The fourth-order valence-electron chi connectivity index (χ4n) is 2.14. The van der Waals surface area contributed by atoms with Crippen molar-refractivity contribution >= 4 is 28.9 Å². The Labute approximate surface area is 161 Å². The van der Waals surface area contributed by atoms with Crippen molar-refractivity contribution in [3.8, 4) is 17.2 Å². The van der Waals surface area contributed by atoms with E-state index < -0.39 is 16.5 Å². The Kier molecular flexibility index (Phi) is 9.02. The number of amides is 1. The minimum absolute atomic E-state index is 0.00606. The first kappa shape index (κ1) is 22.2. The molecule has 0 aliphatic heterocycles. The summed E-state index contributed by atoms with van der Waals surface area (Å²) in [5, 5.41) is 14.5. The molecule has 11 nitrogen and oxygen atoms in total. The highest BCUT2D eigenvalue weighted by Crippen LogP contribution is 2.46. The molecule has 0 radical (unpaired) electrons. The molecule has 0 aliphatic carbocycles. The fraction of sp³-hybridized carbons (Fsp3) is 0.467. The lowest BCUT2D eigenvalue weighted by Gasteiger charge is -2.15. The maximum Gasteiger partial charge on any atom is 0.327 e. The number of nitrogens with one attached hydrogen (secondary N) is 3. The average molecular weight is 402 g/mol. The minimum Gasteiger partial charge on any atom is -0.493 e. The Morgan fingerprint density at radius 3 is 2.33 bits per heavy atom. The number of hydrogen-bond donors (Lipinski definition) is 3. The molecular weight excluding hydrogens is 380 g/mol. The third-order valence-electron chi connectivity index (χ3n) is 3.33. The van der Waals surface area contributed by atoms with Crippen LogP contribution in [0.5, 0.6) is 17.2 Å². The van der Waals surface area contributed by atoms with Gasteiger partial charge in [-0.15, -0.1) is 0 Å². The zero-order chi connectivity index (χ0) is 20.4. The van der Waals surface area contributed by atoms with E-state index in [2.05, 4.69) is 16.2 Å². The van der Waals surface area contributed by atoms with Crippen LogP contribution in [0, 0.1) is 10.1 Å². The molecule has 0 aromatic heterocycles. The zero-order valence-corrected chi connectivity index (χ0v) is 16.2. The number of methoxy groups -OCH3 is 4. The van der Waals surface area contributed by atoms with Crippen LogP contribution in [-0.2, 0) is 4.74 Å². The second kappa shape index (κ2) is 11.0. The van der Waals surface area contributed by atoms with E-state index in [1.807, 2.05) is 0 Å². The van der Waals surface area contributed by atoms with Crippen LogP contribution in [0.2, 0.25) is 0 Å². The number of nitrogens with zero attached hydrogens (tertiary/aromatic N) is 1. The van der Waals surface area contributed by atoms with Gasteiger partial charge in [0.05, 0.1) is 26.3 Å². The molecule has 3 N–H and O–H groups in total. The molecule has 0 fully saturated rings. The fourth-order valence-corrected chi connectivity index (χ4v) is 2.29. The minimum atomic E-state index is -0.804. The Morgan fingerprint density at radius 2 is 1.81 bits per heavy atom. The normalized spacial score (nSPS) is 9.93. The smallest absolute Gasteiger partial charge is 0.327 e. The molecule has 0 unspecified atom stereocenters. The first-order valence-electron chi connectivity index (χ1n) is 7.71. The van der Waals surface area contributed by atoms with E-state index >= 15 is 0 Å². The summed E-state index contributed by atoms with van der Waals surface area (Å²) in [5.41, 5.74) is 3.92. The molecule has 1 rings (SSSR count). The van der Waals surface area contributed by atoms with Gasteiger partial charge in [0.15, 0.2) is 10.9 Å². The van der Waals surface area contributed by atoms with Crippen molar-refractivity contribution in [3.05, 3.63) is 21.7 Å². The van der Waals surface area contributed by atoms with Gasteiger partial charge in [0.1, 0.15) is 5.56 Å². The lowest BCUT2D eigenvalue weighted by Crippen LogP contribution is -2.47. The SMILES string of the molecule is COCCCNC(=S)NNC(=O)c1cc(OC)c(OC)c(OC)c1[N+](=O)[O-]. The summed E-state index contributed by atoms with van der Waals surface area (Å²) in [5.74, 6) is -0.925. The van der Waals surface area contributed by atoms with Crippen LogP contribution in [-0.4, -0.2) is 57.5 Å². The predicted molar refractivity (Wildman–Crippen MR) is 100 cm³/mol. The summed E-state index contributed by atoms with van der Waals surface area (Å²) >= 11 is 5.01. The van der Waals surface area contributed by atoms with Crippen molar-refractivity contribution in [2.45, 2.75) is 6.42 Å². The van der Waals surface area contributed by atoms with E-state index in [0.717, 1.165) is 0 Å². The van der Waals surface area contributed by atoms with Crippen LogP contribution in [0.4, 0.5) is 5.69 Å². The summed E-state index contributed by atoms with van der Waals surface area (Å²) in [6, 6.07) is 1.19. The van der Waals surface area contributed by atoms with Gasteiger partial charge in [-0.25, -0.2) is 0 Å². The van der Waals surface area contributed by atoms with Crippen LogP contribution in [0.25, 0.3) is 0 Å². The summed E-state index contributed by atoms with van der Waals surface area (Å²) < 4.78 is 20.2. The van der Waals surface area contributed by atoms with E-state index in [-0.39, 0.29) is 27.9 Å². The van der Waals surface area contributed by atoms with Crippen molar-refractivity contribution in [3.63, 3.8) is 0 Å². The topological polar surface area (TPSA) is 133 Å².